The molecule has 3 nitrogen and oxygen atoms in total. The minimum atomic E-state index is 0.158. The normalized spacial score (nSPS) is 28.8. The van der Waals surface area contributed by atoms with Crippen LogP contribution in [0.1, 0.15) is 39.0 Å². The summed E-state index contributed by atoms with van der Waals surface area (Å²) >= 11 is 0. The second kappa shape index (κ2) is 3.89. The van der Waals surface area contributed by atoms with Crippen molar-refractivity contribution in [3.8, 4) is 0 Å². The highest BCUT2D eigenvalue weighted by Gasteiger charge is 2.38. The van der Waals surface area contributed by atoms with Crippen molar-refractivity contribution in [2.45, 2.75) is 44.6 Å². The maximum Gasteiger partial charge on any atom is 0.220 e. The molecule has 0 aromatic rings. The van der Waals surface area contributed by atoms with Gasteiger partial charge in [0.25, 0.3) is 0 Å². The van der Waals surface area contributed by atoms with Gasteiger partial charge in [0.1, 0.15) is 0 Å². The van der Waals surface area contributed by atoms with Crippen LogP contribution in [0.25, 0.3) is 0 Å². The van der Waals surface area contributed by atoms with Crippen LogP contribution in [0, 0.1) is 5.92 Å². The van der Waals surface area contributed by atoms with E-state index in [1.807, 2.05) is 0 Å². The Morgan fingerprint density at radius 2 is 2.36 bits per heavy atom. The highest BCUT2D eigenvalue weighted by molar-refractivity contribution is 5.77. The Balaban J connectivity index is 1.62. The minimum Gasteiger partial charge on any atom is -0.351 e. The smallest absolute Gasteiger partial charge is 0.220 e. The molecule has 1 atom stereocenters. The highest BCUT2D eigenvalue weighted by atomic mass is 16.1. The fraction of sp³-hybridized carbons (Fsp3) is 0.909. The van der Waals surface area contributed by atoms with Crippen LogP contribution in [-0.4, -0.2) is 24.5 Å². The Labute approximate surface area is 85.6 Å². The van der Waals surface area contributed by atoms with E-state index in [2.05, 4.69) is 17.6 Å². The van der Waals surface area contributed by atoms with Gasteiger partial charge in [-0.25, -0.2) is 0 Å². The van der Waals surface area contributed by atoms with E-state index in [4.69, 9.17) is 0 Å². The number of rotatable bonds is 4. The van der Waals surface area contributed by atoms with Crippen LogP contribution >= 0.6 is 0 Å². The van der Waals surface area contributed by atoms with Crippen molar-refractivity contribution in [3.05, 3.63) is 0 Å². The number of carbonyl (C=O) groups is 1. The van der Waals surface area contributed by atoms with Crippen LogP contribution in [0.2, 0.25) is 0 Å². The number of hydrogen-bond acceptors (Lipinski definition) is 2. The van der Waals surface area contributed by atoms with E-state index >= 15 is 0 Å². The van der Waals surface area contributed by atoms with E-state index in [0.29, 0.717) is 6.42 Å². The van der Waals surface area contributed by atoms with Crippen LogP contribution in [-0.2, 0) is 4.79 Å². The van der Waals surface area contributed by atoms with Gasteiger partial charge in [0.15, 0.2) is 0 Å². The molecule has 0 aromatic carbocycles. The zero-order chi connectivity index (χ0) is 10.0. The Hall–Kier alpha value is -0.570. The lowest BCUT2D eigenvalue weighted by atomic mass is 10.0. The molecule has 14 heavy (non-hydrogen) atoms. The summed E-state index contributed by atoms with van der Waals surface area (Å²) in [6.07, 6.45) is 5.31. The van der Waals surface area contributed by atoms with Crippen molar-refractivity contribution < 1.29 is 4.79 Å². The molecule has 2 N–H and O–H groups in total. The average molecular weight is 196 g/mol. The lowest BCUT2D eigenvalue weighted by molar-refractivity contribution is -0.122. The van der Waals surface area contributed by atoms with Gasteiger partial charge in [0, 0.05) is 12.0 Å². The summed E-state index contributed by atoms with van der Waals surface area (Å²) in [6.45, 7) is 4.36. The molecular weight excluding hydrogens is 176 g/mol. The Morgan fingerprint density at radius 1 is 1.57 bits per heavy atom. The lowest BCUT2D eigenvalue weighted by Gasteiger charge is -2.12. The van der Waals surface area contributed by atoms with E-state index in [1.54, 1.807) is 0 Å². The standard InChI is InChI=1S/C11H20N2O/c1-11(5-6-11)13-10(14)3-2-9-4-7-12-8-9/h9,12H,2-8H2,1H3,(H,13,14). The number of amides is 1. The van der Waals surface area contributed by atoms with Crippen molar-refractivity contribution in [1.29, 1.82) is 0 Å². The molecule has 1 saturated heterocycles. The molecule has 0 bridgehead atoms. The molecule has 1 unspecified atom stereocenters. The monoisotopic (exact) mass is 196 g/mol. The maximum atomic E-state index is 11.5. The van der Waals surface area contributed by atoms with Gasteiger partial charge >= 0.3 is 0 Å². The predicted molar refractivity (Wildman–Crippen MR) is 56.0 cm³/mol. The number of nitrogens with one attached hydrogen (secondary N) is 2. The summed E-state index contributed by atoms with van der Waals surface area (Å²) in [5.41, 5.74) is 0.158. The third-order valence-electron chi connectivity index (χ3n) is 3.38. The number of hydrogen-bond donors (Lipinski definition) is 2. The molecule has 2 fully saturated rings. The molecule has 1 aliphatic carbocycles. The van der Waals surface area contributed by atoms with Gasteiger partial charge in [0.05, 0.1) is 0 Å². The molecule has 1 heterocycles. The number of carbonyl (C=O) groups excluding carboxylic acids is 1. The first-order valence-electron chi connectivity index (χ1n) is 5.70. The van der Waals surface area contributed by atoms with Gasteiger partial charge < -0.3 is 10.6 Å². The van der Waals surface area contributed by atoms with E-state index in [-0.39, 0.29) is 11.4 Å². The third kappa shape index (κ3) is 2.71. The van der Waals surface area contributed by atoms with E-state index in [1.165, 1.54) is 6.42 Å². The highest BCUT2D eigenvalue weighted by Crippen LogP contribution is 2.34. The molecule has 3 heteroatoms. The van der Waals surface area contributed by atoms with E-state index < -0.39 is 0 Å². The first-order valence-corrected chi connectivity index (χ1v) is 5.70. The summed E-state index contributed by atoms with van der Waals surface area (Å²) in [7, 11) is 0. The summed E-state index contributed by atoms with van der Waals surface area (Å²) in [5.74, 6) is 0.977. The van der Waals surface area contributed by atoms with Crippen molar-refractivity contribution in [3.63, 3.8) is 0 Å². The van der Waals surface area contributed by atoms with Gasteiger partial charge in [-0.1, -0.05) is 0 Å². The Morgan fingerprint density at radius 3 is 2.93 bits per heavy atom. The first kappa shape index (κ1) is 9.97. The predicted octanol–water partition coefficient (Wildman–Crippen LogP) is 1.04. The summed E-state index contributed by atoms with van der Waals surface area (Å²) in [4.78, 5) is 11.5. The van der Waals surface area contributed by atoms with Gasteiger partial charge in [-0.3, -0.25) is 4.79 Å². The average Bonchev–Trinajstić information content (AvgIpc) is 2.70. The molecule has 0 aromatic heterocycles. The van der Waals surface area contributed by atoms with Crippen molar-refractivity contribution >= 4 is 5.91 Å². The molecule has 2 rings (SSSR count). The first-order chi connectivity index (χ1) is 6.68. The third-order valence-corrected chi connectivity index (χ3v) is 3.38. The van der Waals surface area contributed by atoms with E-state index in [0.717, 1.165) is 38.3 Å². The van der Waals surface area contributed by atoms with Crippen LogP contribution in [0.15, 0.2) is 0 Å². The lowest BCUT2D eigenvalue weighted by Crippen LogP contribution is -2.34. The Kier molecular flexibility index (Phi) is 2.77. The maximum absolute atomic E-state index is 11.5. The van der Waals surface area contributed by atoms with Gasteiger partial charge in [0.2, 0.25) is 5.91 Å². The van der Waals surface area contributed by atoms with Crippen LogP contribution in [0.5, 0.6) is 0 Å². The zero-order valence-electron chi connectivity index (χ0n) is 8.94. The molecule has 1 amide bonds. The molecule has 2 aliphatic rings. The van der Waals surface area contributed by atoms with Crippen LogP contribution in [0.3, 0.4) is 0 Å². The molecule has 0 spiro atoms. The quantitative estimate of drug-likeness (QED) is 0.705. The molecule has 0 radical (unpaired) electrons. The molecular formula is C11H20N2O. The van der Waals surface area contributed by atoms with Gasteiger partial charge in [-0.05, 0) is 51.6 Å². The van der Waals surface area contributed by atoms with Crippen LogP contribution < -0.4 is 10.6 Å². The zero-order valence-corrected chi connectivity index (χ0v) is 8.94. The molecule has 1 saturated carbocycles. The summed E-state index contributed by atoms with van der Waals surface area (Å²) in [6, 6.07) is 0. The van der Waals surface area contributed by atoms with E-state index in [9.17, 15) is 4.79 Å². The van der Waals surface area contributed by atoms with Gasteiger partial charge in [-0.15, -0.1) is 0 Å². The minimum absolute atomic E-state index is 0.158. The topological polar surface area (TPSA) is 41.1 Å². The molecule has 1 aliphatic heterocycles. The van der Waals surface area contributed by atoms with Gasteiger partial charge in [-0.2, -0.15) is 0 Å². The van der Waals surface area contributed by atoms with Crippen molar-refractivity contribution in [2.24, 2.45) is 5.92 Å². The van der Waals surface area contributed by atoms with Crippen molar-refractivity contribution in [2.75, 3.05) is 13.1 Å². The second-order valence-electron chi connectivity index (χ2n) is 5.01. The fourth-order valence-electron chi connectivity index (χ4n) is 2.01. The summed E-state index contributed by atoms with van der Waals surface area (Å²) in [5, 5.41) is 6.42. The Bertz CT molecular complexity index is 217. The second-order valence-corrected chi connectivity index (χ2v) is 5.01. The van der Waals surface area contributed by atoms with Crippen molar-refractivity contribution in [1.82, 2.24) is 10.6 Å². The molecule has 80 valence electrons. The van der Waals surface area contributed by atoms with Crippen LogP contribution in [0.4, 0.5) is 0 Å². The largest absolute Gasteiger partial charge is 0.351 e. The fourth-order valence-corrected chi connectivity index (χ4v) is 2.01. The summed E-state index contributed by atoms with van der Waals surface area (Å²) < 4.78 is 0. The SMILES string of the molecule is CC1(NC(=O)CCC2CCNC2)CC1.